The summed E-state index contributed by atoms with van der Waals surface area (Å²) in [6.07, 6.45) is 1.32. The molecule has 1 unspecified atom stereocenters. The van der Waals surface area contributed by atoms with E-state index in [1.165, 1.54) is 18.4 Å². The molecule has 1 fully saturated rings. The summed E-state index contributed by atoms with van der Waals surface area (Å²) < 4.78 is 10.6. The van der Waals surface area contributed by atoms with E-state index in [1.54, 1.807) is 30.2 Å². The van der Waals surface area contributed by atoms with Gasteiger partial charge in [-0.3, -0.25) is 14.9 Å². The molecule has 0 spiro atoms. The molecular weight excluding hydrogens is 454 g/mol. The quantitative estimate of drug-likeness (QED) is 0.551. The Morgan fingerprint density at radius 3 is 2.53 bits per heavy atom. The number of carbonyl (C=O) groups excluding carboxylic acids is 2. The molecule has 1 N–H and O–H groups in total. The van der Waals surface area contributed by atoms with Crippen molar-refractivity contribution in [3.05, 3.63) is 48.0 Å². The molecule has 0 aliphatic carbocycles. The van der Waals surface area contributed by atoms with Crippen molar-refractivity contribution in [1.29, 1.82) is 0 Å². The van der Waals surface area contributed by atoms with Crippen LogP contribution in [0.1, 0.15) is 23.2 Å². The molecule has 1 aromatic heterocycles. The molecule has 9 nitrogen and oxygen atoms in total. The first kappa shape index (κ1) is 23.5. The highest BCUT2D eigenvalue weighted by Crippen LogP contribution is 2.31. The van der Waals surface area contributed by atoms with Crippen LogP contribution in [0, 0.1) is 0 Å². The summed E-state index contributed by atoms with van der Waals surface area (Å²) in [6, 6.07) is 12.4. The van der Waals surface area contributed by atoms with E-state index in [4.69, 9.17) is 9.47 Å². The van der Waals surface area contributed by atoms with Gasteiger partial charge in [0.05, 0.1) is 19.8 Å². The van der Waals surface area contributed by atoms with Crippen LogP contribution in [-0.2, 0) is 4.79 Å². The number of anilines is 2. The Kier molecular flexibility index (Phi) is 6.97. The van der Waals surface area contributed by atoms with E-state index >= 15 is 0 Å². The summed E-state index contributed by atoms with van der Waals surface area (Å²) in [7, 11) is 7.01. The number of aromatic nitrogens is 2. The molecule has 0 bridgehead atoms. The molecule has 1 aliphatic rings. The molecule has 3 aromatic rings. The second-order valence-corrected chi connectivity index (χ2v) is 9.04. The maximum atomic E-state index is 13.3. The Morgan fingerprint density at radius 2 is 1.85 bits per heavy atom. The van der Waals surface area contributed by atoms with Crippen LogP contribution in [0.2, 0.25) is 0 Å². The first-order chi connectivity index (χ1) is 16.4. The molecule has 1 aliphatic heterocycles. The normalized spacial score (nSPS) is 15.2. The summed E-state index contributed by atoms with van der Waals surface area (Å²) in [4.78, 5) is 29.9. The minimum atomic E-state index is -0.592. The van der Waals surface area contributed by atoms with Crippen LogP contribution < -0.4 is 19.7 Å². The predicted octanol–water partition coefficient (Wildman–Crippen LogP) is 3.53. The largest absolute Gasteiger partial charge is 0.497 e. The fourth-order valence-electron chi connectivity index (χ4n) is 3.89. The Balaban J connectivity index is 1.47. The summed E-state index contributed by atoms with van der Waals surface area (Å²) in [5.41, 5.74) is 2.40. The Bertz CT molecular complexity index is 1180. The fraction of sp³-hybridized carbons (Fsp3) is 0.333. The van der Waals surface area contributed by atoms with Gasteiger partial charge in [0, 0.05) is 38.0 Å². The van der Waals surface area contributed by atoms with Crippen LogP contribution in [0.25, 0.3) is 10.6 Å². The maximum absolute atomic E-state index is 13.3. The van der Waals surface area contributed by atoms with Crippen LogP contribution in [0.5, 0.6) is 11.5 Å². The number of likely N-dealkylation sites (tertiary alicyclic amines) is 1. The predicted molar refractivity (Wildman–Crippen MR) is 132 cm³/mol. The lowest BCUT2D eigenvalue weighted by molar-refractivity contribution is -0.119. The van der Waals surface area contributed by atoms with Gasteiger partial charge in [-0.15, -0.1) is 10.2 Å². The second-order valence-electron chi connectivity index (χ2n) is 8.07. The van der Waals surface area contributed by atoms with Crippen LogP contribution >= 0.6 is 11.3 Å². The number of benzene rings is 2. The van der Waals surface area contributed by atoms with E-state index < -0.39 is 6.04 Å². The second kappa shape index (κ2) is 10.1. The van der Waals surface area contributed by atoms with Gasteiger partial charge in [0.1, 0.15) is 22.5 Å². The van der Waals surface area contributed by atoms with Crippen LogP contribution in [0.15, 0.2) is 42.5 Å². The minimum Gasteiger partial charge on any atom is -0.497 e. The van der Waals surface area contributed by atoms with E-state index in [-0.39, 0.29) is 11.8 Å². The molecule has 0 saturated carbocycles. The van der Waals surface area contributed by atoms with Crippen molar-refractivity contribution in [1.82, 2.24) is 15.1 Å². The molecule has 10 heteroatoms. The molecule has 1 atom stereocenters. The zero-order valence-electron chi connectivity index (χ0n) is 19.6. The van der Waals surface area contributed by atoms with E-state index in [2.05, 4.69) is 15.5 Å². The third-order valence-corrected chi connectivity index (χ3v) is 6.63. The van der Waals surface area contributed by atoms with Gasteiger partial charge in [-0.1, -0.05) is 11.3 Å². The topological polar surface area (TPSA) is 96.9 Å². The van der Waals surface area contributed by atoms with Crippen LogP contribution in [0.3, 0.4) is 0 Å². The SMILES string of the molecule is COc1ccc(C(=O)N2CCCC2C(=O)Nc2nnc(-c3ccc(N(C)C)cc3)s2)c(OC)c1. The molecule has 1 saturated heterocycles. The van der Waals surface area contributed by atoms with Crippen molar-refractivity contribution < 1.29 is 19.1 Å². The van der Waals surface area contributed by atoms with Crippen molar-refractivity contribution in [2.75, 3.05) is 45.1 Å². The zero-order valence-corrected chi connectivity index (χ0v) is 20.4. The van der Waals surface area contributed by atoms with Gasteiger partial charge in [0.15, 0.2) is 0 Å². The van der Waals surface area contributed by atoms with E-state index in [9.17, 15) is 9.59 Å². The lowest BCUT2D eigenvalue weighted by Crippen LogP contribution is -2.43. The number of ether oxygens (including phenoxy) is 2. The Hall–Kier alpha value is -3.66. The molecule has 2 heterocycles. The van der Waals surface area contributed by atoms with Crippen molar-refractivity contribution >= 4 is 34.0 Å². The highest BCUT2D eigenvalue weighted by Gasteiger charge is 2.36. The number of hydrogen-bond acceptors (Lipinski definition) is 8. The molecule has 4 rings (SSSR count). The van der Waals surface area contributed by atoms with Crippen molar-refractivity contribution in [3.8, 4) is 22.1 Å². The van der Waals surface area contributed by atoms with E-state index in [1.807, 2.05) is 43.3 Å². The van der Waals surface area contributed by atoms with Crippen LogP contribution in [0.4, 0.5) is 10.8 Å². The van der Waals surface area contributed by atoms with Crippen molar-refractivity contribution in [2.24, 2.45) is 0 Å². The number of rotatable bonds is 7. The number of hydrogen-bond donors (Lipinski definition) is 1. The van der Waals surface area contributed by atoms with Gasteiger partial charge in [0.25, 0.3) is 5.91 Å². The summed E-state index contributed by atoms with van der Waals surface area (Å²) in [5, 5.41) is 12.3. The summed E-state index contributed by atoms with van der Waals surface area (Å²) in [6.45, 7) is 0.492. The van der Waals surface area contributed by atoms with Gasteiger partial charge in [0.2, 0.25) is 11.0 Å². The van der Waals surface area contributed by atoms with Crippen molar-refractivity contribution in [3.63, 3.8) is 0 Å². The molecule has 2 aromatic carbocycles. The number of carbonyl (C=O) groups is 2. The summed E-state index contributed by atoms with van der Waals surface area (Å²) >= 11 is 1.30. The number of nitrogens with zero attached hydrogens (tertiary/aromatic N) is 4. The summed E-state index contributed by atoms with van der Waals surface area (Å²) in [5.74, 6) is 0.470. The van der Waals surface area contributed by atoms with Crippen LogP contribution in [-0.4, -0.2) is 67.8 Å². The minimum absolute atomic E-state index is 0.254. The highest BCUT2D eigenvalue weighted by atomic mass is 32.1. The molecule has 34 heavy (non-hydrogen) atoms. The molecule has 178 valence electrons. The third kappa shape index (κ3) is 4.81. The van der Waals surface area contributed by atoms with E-state index in [0.717, 1.165) is 17.7 Å². The smallest absolute Gasteiger partial charge is 0.258 e. The number of nitrogens with one attached hydrogen (secondary N) is 1. The number of amides is 2. The fourth-order valence-corrected chi connectivity index (χ4v) is 4.65. The van der Waals surface area contributed by atoms with Crippen molar-refractivity contribution in [2.45, 2.75) is 18.9 Å². The van der Waals surface area contributed by atoms with Gasteiger partial charge < -0.3 is 19.3 Å². The lowest BCUT2D eigenvalue weighted by atomic mass is 10.1. The first-order valence-corrected chi connectivity index (χ1v) is 11.7. The monoisotopic (exact) mass is 481 g/mol. The molecular formula is C24H27N5O4S. The zero-order chi connectivity index (χ0) is 24.2. The average molecular weight is 482 g/mol. The Labute approximate surface area is 202 Å². The molecule has 2 amide bonds. The average Bonchev–Trinajstić information content (AvgIpc) is 3.53. The van der Waals surface area contributed by atoms with E-state index in [0.29, 0.717) is 40.2 Å². The standard InChI is InChI=1S/C24H27N5O4S/c1-28(2)16-9-7-15(8-10-16)22-26-27-24(34-22)25-21(30)19-6-5-13-29(19)23(31)18-12-11-17(32-3)14-20(18)33-4/h7-12,14,19H,5-6,13H2,1-4H3,(H,25,27,30). The first-order valence-electron chi connectivity index (χ1n) is 10.9. The van der Waals surface area contributed by atoms with Gasteiger partial charge >= 0.3 is 0 Å². The highest BCUT2D eigenvalue weighted by molar-refractivity contribution is 7.18. The van der Waals surface area contributed by atoms with Gasteiger partial charge in [-0.05, 0) is 49.2 Å². The molecule has 0 radical (unpaired) electrons. The number of methoxy groups -OCH3 is 2. The Morgan fingerprint density at radius 1 is 1.09 bits per heavy atom. The van der Waals surface area contributed by atoms with Gasteiger partial charge in [-0.2, -0.15) is 0 Å². The lowest BCUT2D eigenvalue weighted by Gasteiger charge is -2.24. The maximum Gasteiger partial charge on any atom is 0.258 e. The van der Waals surface area contributed by atoms with Gasteiger partial charge in [-0.25, -0.2) is 0 Å². The third-order valence-electron chi connectivity index (χ3n) is 5.74.